The van der Waals surface area contributed by atoms with Gasteiger partial charge in [-0.3, -0.25) is 0 Å². The Balaban J connectivity index is 2.68. The van der Waals surface area contributed by atoms with Crippen LogP contribution < -0.4 is 5.73 Å². The van der Waals surface area contributed by atoms with E-state index in [1.807, 2.05) is 0 Å². The second-order valence-electron chi connectivity index (χ2n) is 2.91. The molecule has 2 N–H and O–H groups in total. The van der Waals surface area contributed by atoms with Crippen LogP contribution in [0.4, 0.5) is 10.1 Å². The van der Waals surface area contributed by atoms with Crippen LogP contribution >= 0.6 is 0 Å². The fourth-order valence-electron chi connectivity index (χ4n) is 1.30. The maximum atomic E-state index is 13.4. The highest BCUT2D eigenvalue weighted by atomic mass is 19.1. The molecular formula is C9H9FN4. The molecule has 0 aliphatic carbocycles. The Morgan fingerprint density at radius 3 is 2.79 bits per heavy atom. The summed E-state index contributed by atoms with van der Waals surface area (Å²) in [5.41, 5.74) is 6.32. The van der Waals surface area contributed by atoms with E-state index in [9.17, 15) is 4.39 Å². The van der Waals surface area contributed by atoms with E-state index >= 15 is 0 Å². The summed E-state index contributed by atoms with van der Waals surface area (Å²) in [7, 11) is 1.69. The van der Waals surface area contributed by atoms with Crippen LogP contribution in [0.1, 0.15) is 0 Å². The fraction of sp³-hybridized carbons (Fsp3) is 0.111. The van der Waals surface area contributed by atoms with Gasteiger partial charge in [0.25, 0.3) is 0 Å². The molecule has 4 nitrogen and oxygen atoms in total. The van der Waals surface area contributed by atoms with Crippen molar-refractivity contribution in [1.82, 2.24) is 14.8 Å². The SMILES string of the molecule is Cn1ncnc1-c1c(N)cccc1F. The molecule has 1 heterocycles. The molecule has 2 aromatic rings. The molecule has 0 radical (unpaired) electrons. The second kappa shape index (κ2) is 3.10. The number of aromatic nitrogens is 3. The number of benzene rings is 1. The van der Waals surface area contributed by atoms with E-state index in [-0.39, 0.29) is 5.82 Å². The van der Waals surface area contributed by atoms with Gasteiger partial charge in [0.1, 0.15) is 12.1 Å². The first-order chi connectivity index (χ1) is 6.70. The number of aryl methyl sites for hydroxylation is 1. The molecule has 0 aliphatic heterocycles. The number of halogens is 1. The third-order valence-electron chi connectivity index (χ3n) is 1.98. The van der Waals surface area contributed by atoms with E-state index in [2.05, 4.69) is 10.1 Å². The maximum absolute atomic E-state index is 13.4. The van der Waals surface area contributed by atoms with Gasteiger partial charge in [0.05, 0.1) is 5.56 Å². The zero-order valence-corrected chi connectivity index (χ0v) is 7.61. The Hall–Kier alpha value is -1.91. The Morgan fingerprint density at radius 1 is 1.43 bits per heavy atom. The number of hydrogen-bond acceptors (Lipinski definition) is 3. The van der Waals surface area contributed by atoms with Crippen LogP contribution in [0.3, 0.4) is 0 Å². The standard InChI is InChI=1S/C9H9FN4/c1-14-9(12-5-13-14)8-6(10)3-2-4-7(8)11/h2-5H,11H2,1H3. The van der Waals surface area contributed by atoms with Gasteiger partial charge in [0.15, 0.2) is 5.82 Å². The Kier molecular flexibility index (Phi) is 1.92. The van der Waals surface area contributed by atoms with Crippen LogP contribution in [0.25, 0.3) is 11.4 Å². The van der Waals surface area contributed by atoms with Crippen molar-refractivity contribution in [3.63, 3.8) is 0 Å². The summed E-state index contributed by atoms with van der Waals surface area (Å²) < 4.78 is 14.9. The Bertz CT molecular complexity index is 443. The molecule has 0 unspecified atom stereocenters. The van der Waals surface area contributed by atoms with Crippen LogP contribution in [-0.4, -0.2) is 14.8 Å². The lowest BCUT2D eigenvalue weighted by atomic mass is 10.1. The van der Waals surface area contributed by atoms with E-state index in [0.717, 1.165) is 0 Å². The molecule has 1 aromatic carbocycles. The van der Waals surface area contributed by atoms with Crippen LogP contribution in [-0.2, 0) is 7.05 Å². The summed E-state index contributed by atoms with van der Waals surface area (Å²) in [6.45, 7) is 0. The van der Waals surface area contributed by atoms with Crippen molar-refractivity contribution in [3.05, 3.63) is 30.3 Å². The number of nitrogens with two attached hydrogens (primary N) is 1. The molecule has 0 saturated heterocycles. The zero-order valence-electron chi connectivity index (χ0n) is 7.61. The smallest absolute Gasteiger partial charge is 0.162 e. The van der Waals surface area contributed by atoms with Crippen molar-refractivity contribution in [3.8, 4) is 11.4 Å². The van der Waals surface area contributed by atoms with Crippen molar-refractivity contribution in [2.75, 3.05) is 5.73 Å². The van der Waals surface area contributed by atoms with Crippen molar-refractivity contribution < 1.29 is 4.39 Å². The minimum absolute atomic E-state index is 0.299. The maximum Gasteiger partial charge on any atom is 0.162 e. The second-order valence-corrected chi connectivity index (χ2v) is 2.91. The molecule has 14 heavy (non-hydrogen) atoms. The van der Waals surface area contributed by atoms with E-state index in [0.29, 0.717) is 17.1 Å². The average Bonchev–Trinajstić information content (AvgIpc) is 2.52. The summed E-state index contributed by atoms with van der Waals surface area (Å²) >= 11 is 0. The lowest BCUT2D eigenvalue weighted by molar-refractivity contribution is 0.628. The number of nitrogens with zero attached hydrogens (tertiary/aromatic N) is 3. The molecule has 0 bridgehead atoms. The normalized spacial score (nSPS) is 10.4. The van der Waals surface area contributed by atoms with E-state index in [1.54, 1.807) is 19.2 Å². The Labute approximate surface area is 80.2 Å². The molecule has 0 aliphatic rings. The van der Waals surface area contributed by atoms with Crippen molar-refractivity contribution >= 4 is 5.69 Å². The summed E-state index contributed by atoms with van der Waals surface area (Å²) in [6.07, 6.45) is 1.36. The van der Waals surface area contributed by atoms with E-state index < -0.39 is 0 Å². The first kappa shape index (κ1) is 8.68. The average molecular weight is 192 g/mol. The van der Waals surface area contributed by atoms with Crippen LogP contribution in [0.2, 0.25) is 0 Å². The predicted octanol–water partition coefficient (Wildman–Crippen LogP) is 1.20. The molecule has 0 atom stereocenters. The first-order valence-corrected chi connectivity index (χ1v) is 4.08. The molecule has 72 valence electrons. The van der Waals surface area contributed by atoms with Gasteiger partial charge >= 0.3 is 0 Å². The minimum Gasteiger partial charge on any atom is -0.398 e. The van der Waals surface area contributed by atoms with E-state index in [4.69, 9.17) is 5.73 Å². The van der Waals surface area contributed by atoms with Crippen molar-refractivity contribution in [2.45, 2.75) is 0 Å². The van der Waals surface area contributed by atoms with Crippen molar-refractivity contribution in [2.24, 2.45) is 7.05 Å². The van der Waals surface area contributed by atoms with Gasteiger partial charge in [-0.1, -0.05) is 6.07 Å². The highest BCUT2D eigenvalue weighted by molar-refractivity contribution is 5.71. The lowest BCUT2D eigenvalue weighted by Crippen LogP contribution is -2.00. The third kappa shape index (κ3) is 1.22. The van der Waals surface area contributed by atoms with Crippen molar-refractivity contribution in [1.29, 1.82) is 0 Å². The Morgan fingerprint density at radius 2 is 2.21 bits per heavy atom. The summed E-state index contributed by atoms with van der Waals surface area (Å²) in [4.78, 5) is 3.94. The largest absolute Gasteiger partial charge is 0.398 e. The highest BCUT2D eigenvalue weighted by Crippen LogP contribution is 2.25. The number of hydrogen-bond donors (Lipinski definition) is 1. The zero-order chi connectivity index (χ0) is 10.1. The third-order valence-corrected chi connectivity index (χ3v) is 1.98. The molecule has 0 fully saturated rings. The fourth-order valence-corrected chi connectivity index (χ4v) is 1.30. The summed E-state index contributed by atoms with van der Waals surface area (Å²) in [6, 6.07) is 4.54. The van der Waals surface area contributed by atoms with Crippen LogP contribution in [0.15, 0.2) is 24.5 Å². The topological polar surface area (TPSA) is 56.7 Å². The van der Waals surface area contributed by atoms with Gasteiger partial charge < -0.3 is 5.73 Å². The molecule has 0 amide bonds. The van der Waals surface area contributed by atoms with Crippen LogP contribution in [0.5, 0.6) is 0 Å². The van der Waals surface area contributed by atoms with Gasteiger partial charge in [-0.05, 0) is 12.1 Å². The van der Waals surface area contributed by atoms with Gasteiger partial charge in [0.2, 0.25) is 0 Å². The monoisotopic (exact) mass is 192 g/mol. The van der Waals surface area contributed by atoms with E-state index in [1.165, 1.54) is 17.1 Å². The predicted molar refractivity (Wildman–Crippen MR) is 50.8 cm³/mol. The van der Waals surface area contributed by atoms with Gasteiger partial charge in [0, 0.05) is 12.7 Å². The summed E-state index contributed by atoms with van der Waals surface area (Å²) in [5, 5.41) is 3.86. The minimum atomic E-state index is -0.388. The molecular weight excluding hydrogens is 183 g/mol. The molecule has 0 saturated carbocycles. The highest BCUT2D eigenvalue weighted by Gasteiger charge is 2.12. The molecule has 1 aromatic heterocycles. The number of nitrogen functional groups attached to an aromatic ring is 1. The number of anilines is 1. The van der Waals surface area contributed by atoms with Gasteiger partial charge in [-0.25, -0.2) is 14.1 Å². The summed E-state index contributed by atoms with van der Waals surface area (Å²) in [5.74, 6) is 0.0432. The molecule has 2 rings (SSSR count). The van der Waals surface area contributed by atoms with Crippen LogP contribution in [0, 0.1) is 5.82 Å². The first-order valence-electron chi connectivity index (χ1n) is 4.08. The quantitative estimate of drug-likeness (QED) is 0.691. The lowest BCUT2D eigenvalue weighted by Gasteiger charge is -2.05. The number of rotatable bonds is 1. The van der Waals surface area contributed by atoms with Gasteiger partial charge in [-0.15, -0.1) is 0 Å². The molecule has 5 heteroatoms. The molecule has 0 spiro atoms. The van der Waals surface area contributed by atoms with Gasteiger partial charge in [-0.2, -0.15) is 5.10 Å².